The number of benzene rings is 1. The number of ether oxygens (including phenoxy) is 1. The van der Waals surface area contributed by atoms with Crippen LogP contribution < -0.4 is 5.32 Å². The summed E-state index contributed by atoms with van der Waals surface area (Å²) in [6.07, 6.45) is 2.86. The molecule has 0 saturated carbocycles. The van der Waals surface area contributed by atoms with Crippen LogP contribution in [0.3, 0.4) is 0 Å². The van der Waals surface area contributed by atoms with Crippen molar-refractivity contribution in [3.8, 4) is 0 Å². The Morgan fingerprint density at radius 1 is 1.25 bits per heavy atom. The number of hydrogen-bond acceptors (Lipinski definition) is 4. The molecule has 5 nitrogen and oxygen atoms in total. The van der Waals surface area contributed by atoms with E-state index < -0.39 is 23.7 Å². The molecule has 0 aliphatic rings. The lowest BCUT2D eigenvalue weighted by Gasteiger charge is -2.12. The molecule has 0 spiro atoms. The molecule has 1 atom stereocenters. The van der Waals surface area contributed by atoms with Gasteiger partial charge in [0.1, 0.15) is 0 Å². The third-order valence-corrected chi connectivity index (χ3v) is 2.44. The van der Waals surface area contributed by atoms with Gasteiger partial charge >= 0.3 is 5.97 Å². The molecule has 20 heavy (non-hydrogen) atoms. The Balaban J connectivity index is 2.65. The van der Waals surface area contributed by atoms with Crippen molar-refractivity contribution >= 4 is 23.7 Å². The summed E-state index contributed by atoms with van der Waals surface area (Å²) in [5.41, 5.74) is 0.846. The Labute approximate surface area is 117 Å². The molecular formula is C15H17NO4. The minimum absolute atomic E-state index is 0.151. The lowest BCUT2D eigenvalue weighted by atomic mass is 10.2. The minimum Gasteiger partial charge on any atom is -0.464 e. The molecule has 106 valence electrons. The Morgan fingerprint density at radius 3 is 2.45 bits per heavy atom. The summed E-state index contributed by atoms with van der Waals surface area (Å²) in [7, 11) is 0. The largest absolute Gasteiger partial charge is 0.464 e. The van der Waals surface area contributed by atoms with E-state index >= 15 is 0 Å². The van der Waals surface area contributed by atoms with Crippen LogP contribution in [0.2, 0.25) is 0 Å². The molecule has 1 N–H and O–H groups in total. The average Bonchev–Trinajstić information content (AvgIpc) is 2.43. The fourth-order valence-corrected chi connectivity index (χ4v) is 1.48. The average molecular weight is 275 g/mol. The maximum Gasteiger partial charge on any atom is 0.336 e. The molecule has 1 aromatic rings. The fraction of sp³-hybridized carbons (Fsp3) is 0.267. The Bertz CT molecular complexity index is 508. The normalized spacial score (nSPS) is 11.9. The highest BCUT2D eigenvalue weighted by atomic mass is 16.5. The highest BCUT2D eigenvalue weighted by Crippen LogP contribution is 2.01. The first-order valence-electron chi connectivity index (χ1n) is 6.25. The van der Waals surface area contributed by atoms with Crippen LogP contribution in [0.1, 0.15) is 19.4 Å². The summed E-state index contributed by atoms with van der Waals surface area (Å²) in [4.78, 5) is 34.5. The van der Waals surface area contributed by atoms with Crippen LogP contribution in [0.15, 0.2) is 36.4 Å². The van der Waals surface area contributed by atoms with Gasteiger partial charge in [-0.25, -0.2) is 4.79 Å². The lowest BCUT2D eigenvalue weighted by molar-refractivity contribution is -0.149. The van der Waals surface area contributed by atoms with Crippen LogP contribution in [-0.2, 0) is 19.1 Å². The molecule has 0 fully saturated rings. The minimum atomic E-state index is -1.26. The first-order valence-corrected chi connectivity index (χ1v) is 6.25. The molecule has 1 aromatic carbocycles. The Morgan fingerprint density at radius 2 is 1.90 bits per heavy atom. The highest BCUT2D eigenvalue weighted by molar-refractivity contribution is 6.06. The molecule has 1 rings (SSSR count). The molecule has 0 aliphatic carbocycles. The molecule has 5 heteroatoms. The molecule has 0 radical (unpaired) electrons. The molecule has 0 saturated heterocycles. The van der Waals surface area contributed by atoms with Gasteiger partial charge in [-0.05, 0) is 25.5 Å². The van der Waals surface area contributed by atoms with E-state index in [0.717, 1.165) is 5.56 Å². The molecular weight excluding hydrogens is 258 g/mol. The first kappa shape index (κ1) is 15.6. The predicted molar refractivity (Wildman–Crippen MR) is 74.7 cm³/mol. The van der Waals surface area contributed by atoms with Crippen molar-refractivity contribution < 1.29 is 19.1 Å². The van der Waals surface area contributed by atoms with E-state index in [0.29, 0.717) is 0 Å². The van der Waals surface area contributed by atoms with Crippen LogP contribution in [0, 0.1) is 0 Å². The third-order valence-electron chi connectivity index (χ3n) is 2.44. The van der Waals surface area contributed by atoms with Crippen LogP contribution in [0.5, 0.6) is 0 Å². The zero-order valence-electron chi connectivity index (χ0n) is 11.5. The van der Waals surface area contributed by atoms with Crippen LogP contribution in [0.25, 0.3) is 6.08 Å². The number of ketones is 1. The van der Waals surface area contributed by atoms with Crippen LogP contribution in [0.4, 0.5) is 0 Å². The number of carbonyl (C=O) groups is 3. The molecule has 0 aliphatic heterocycles. The monoisotopic (exact) mass is 275 g/mol. The Hall–Kier alpha value is -2.43. The van der Waals surface area contributed by atoms with Crippen LogP contribution in [-0.4, -0.2) is 30.3 Å². The second-order valence-electron chi connectivity index (χ2n) is 4.05. The van der Waals surface area contributed by atoms with E-state index in [1.807, 2.05) is 30.3 Å². The van der Waals surface area contributed by atoms with Gasteiger partial charge in [0.2, 0.25) is 5.91 Å². The predicted octanol–water partition coefficient (Wildman–Crippen LogP) is 1.34. The van der Waals surface area contributed by atoms with E-state index in [2.05, 4.69) is 5.32 Å². The van der Waals surface area contributed by atoms with Gasteiger partial charge < -0.3 is 10.1 Å². The number of amides is 1. The fourth-order valence-electron chi connectivity index (χ4n) is 1.48. The van der Waals surface area contributed by atoms with Crippen molar-refractivity contribution in [3.05, 3.63) is 42.0 Å². The molecule has 1 amide bonds. The molecule has 0 aromatic heterocycles. The maximum atomic E-state index is 11.7. The van der Waals surface area contributed by atoms with Gasteiger partial charge in [-0.3, -0.25) is 9.59 Å². The number of rotatable bonds is 6. The maximum absolute atomic E-state index is 11.7. The van der Waals surface area contributed by atoms with Gasteiger partial charge in [-0.1, -0.05) is 30.3 Å². The SMILES string of the molecule is CCOC(=O)C(NC(=O)C=Cc1ccccc1)C(C)=O. The van der Waals surface area contributed by atoms with Gasteiger partial charge in [-0.15, -0.1) is 0 Å². The summed E-state index contributed by atoms with van der Waals surface area (Å²) >= 11 is 0. The van der Waals surface area contributed by atoms with Gasteiger partial charge in [-0.2, -0.15) is 0 Å². The highest BCUT2D eigenvalue weighted by Gasteiger charge is 2.25. The van der Waals surface area contributed by atoms with Crippen molar-refractivity contribution in [1.82, 2.24) is 5.32 Å². The van der Waals surface area contributed by atoms with Crippen molar-refractivity contribution in [2.75, 3.05) is 6.61 Å². The van der Waals surface area contributed by atoms with Gasteiger partial charge in [0.15, 0.2) is 11.8 Å². The van der Waals surface area contributed by atoms with Gasteiger partial charge in [0.05, 0.1) is 6.61 Å². The molecule has 0 bridgehead atoms. The quantitative estimate of drug-likeness (QED) is 0.483. The van der Waals surface area contributed by atoms with E-state index in [1.165, 1.54) is 13.0 Å². The summed E-state index contributed by atoms with van der Waals surface area (Å²) < 4.78 is 4.73. The standard InChI is InChI=1S/C15H17NO4/c1-3-20-15(19)14(11(2)17)16-13(18)10-9-12-7-5-4-6-8-12/h4-10,14H,3H2,1-2H3,(H,16,18). The zero-order chi connectivity index (χ0) is 15.0. The van der Waals surface area contributed by atoms with Crippen molar-refractivity contribution in [3.63, 3.8) is 0 Å². The number of hydrogen-bond donors (Lipinski definition) is 1. The summed E-state index contributed by atoms with van der Waals surface area (Å²) in [5, 5.41) is 2.32. The number of esters is 1. The van der Waals surface area contributed by atoms with Crippen molar-refractivity contribution in [2.24, 2.45) is 0 Å². The number of carbonyl (C=O) groups excluding carboxylic acids is 3. The number of nitrogens with one attached hydrogen (secondary N) is 1. The van der Waals surface area contributed by atoms with Crippen molar-refractivity contribution in [2.45, 2.75) is 19.9 Å². The first-order chi connectivity index (χ1) is 9.54. The van der Waals surface area contributed by atoms with E-state index in [9.17, 15) is 14.4 Å². The van der Waals surface area contributed by atoms with Crippen LogP contribution >= 0.6 is 0 Å². The zero-order valence-corrected chi connectivity index (χ0v) is 11.5. The van der Waals surface area contributed by atoms with Gasteiger partial charge in [0, 0.05) is 6.08 Å². The van der Waals surface area contributed by atoms with E-state index in [4.69, 9.17) is 4.74 Å². The van der Waals surface area contributed by atoms with Gasteiger partial charge in [0.25, 0.3) is 0 Å². The summed E-state index contributed by atoms with van der Waals surface area (Å²) in [6.45, 7) is 3.01. The second-order valence-corrected chi connectivity index (χ2v) is 4.05. The van der Waals surface area contributed by atoms with Crippen molar-refractivity contribution in [1.29, 1.82) is 0 Å². The summed E-state index contributed by atoms with van der Waals surface area (Å²) in [5.74, 6) is -1.74. The molecule has 0 heterocycles. The topological polar surface area (TPSA) is 72.5 Å². The second kappa shape index (κ2) is 7.89. The third kappa shape index (κ3) is 5.06. The van der Waals surface area contributed by atoms with E-state index in [-0.39, 0.29) is 6.61 Å². The lowest BCUT2D eigenvalue weighted by Crippen LogP contribution is -2.45. The Kier molecular flexibility index (Phi) is 6.16. The summed E-state index contributed by atoms with van der Waals surface area (Å²) in [6, 6.07) is 7.95. The van der Waals surface area contributed by atoms with E-state index in [1.54, 1.807) is 13.0 Å². The number of Topliss-reactive ketones (excluding diaryl/α,β-unsaturated/α-hetero) is 1. The smallest absolute Gasteiger partial charge is 0.336 e. The molecule has 1 unspecified atom stereocenters.